The Bertz CT molecular complexity index is 510. The molecule has 3 rings (SSSR count). The van der Waals surface area contributed by atoms with Gasteiger partial charge in [0.25, 0.3) is 0 Å². The number of nitrogens with zero attached hydrogens (tertiary/aromatic N) is 1. The van der Waals surface area contributed by atoms with Gasteiger partial charge in [-0.25, -0.2) is 0 Å². The zero-order valence-corrected chi connectivity index (χ0v) is 14.0. The highest BCUT2D eigenvalue weighted by molar-refractivity contribution is 5.41. The fourth-order valence-electron chi connectivity index (χ4n) is 3.30. The van der Waals surface area contributed by atoms with Crippen molar-refractivity contribution in [3.05, 3.63) is 29.3 Å². The number of nitrogens with one attached hydrogen (secondary N) is 1. The van der Waals surface area contributed by atoms with Crippen LogP contribution in [0.15, 0.2) is 18.2 Å². The van der Waals surface area contributed by atoms with Gasteiger partial charge in [0.05, 0.1) is 13.2 Å². The summed E-state index contributed by atoms with van der Waals surface area (Å²) < 4.78 is 11.3. The Hall–Kier alpha value is -1.10. The van der Waals surface area contributed by atoms with Gasteiger partial charge in [0.15, 0.2) is 0 Å². The third-order valence-corrected chi connectivity index (χ3v) is 4.42. The Morgan fingerprint density at radius 1 is 1.27 bits per heavy atom. The lowest BCUT2D eigenvalue weighted by Crippen LogP contribution is -2.44. The SMILES string of the molecule is CC(CN1CCOCC1)NCc1ccc2c(c1)CC(C)(C)O2. The van der Waals surface area contributed by atoms with Crippen molar-refractivity contribution in [1.29, 1.82) is 0 Å². The van der Waals surface area contributed by atoms with Crippen molar-refractivity contribution in [3.8, 4) is 5.75 Å². The van der Waals surface area contributed by atoms with Crippen LogP contribution in [0.25, 0.3) is 0 Å². The first-order valence-corrected chi connectivity index (χ1v) is 8.36. The molecule has 4 nitrogen and oxygen atoms in total. The first kappa shape index (κ1) is 15.8. The average Bonchev–Trinajstić information content (AvgIpc) is 2.79. The number of ether oxygens (including phenoxy) is 2. The first-order valence-electron chi connectivity index (χ1n) is 8.36. The fraction of sp³-hybridized carbons (Fsp3) is 0.667. The van der Waals surface area contributed by atoms with E-state index in [0.29, 0.717) is 6.04 Å². The van der Waals surface area contributed by atoms with Crippen LogP contribution in [0.3, 0.4) is 0 Å². The summed E-state index contributed by atoms with van der Waals surface area (Å²) in [6, 6.07) is 7.07. The van der Waals surface area contributed by atoms with Crippen LogP contribution >= 0.6 is 0 Å². The van der Waals surface area contributed by atoms with Crippen LogP contribution in [0.4, 0.5) is 0 Å². The molecule has 1 atom stereocenters. The summed E-state index contributed by atoms with van der Waals surface area (Å²) in [7, 11) is 0. The number of morpholine rings is 1. The molecule has 0 aliphatic carbocycles. The Morgan fingerprint density at radius 3 is 2.82 bits per heavy atom. The minimum absolute atomic E-state index is 0.0575. The second kappa shape index (κ2) is 6.57. The highest BCUT2D eigenvalue weighted by atomic mass is 16.5. The molecular weight excluding hydrogens is 276 g/mol. The van der Waals surface area contributed by atoms with Gasteiger partial charge in [0.2, 0.25) is 0 Å². The molecule has 1 fully saturated rings. The fourth-order valence-corrected chi connectivity index (χ4v) is 3.30. The number of benzene rings is 1. The van der Waals surface area contributed by atoms with E-state index in [9.17, 15) is 0 Å². The molecule has 1 saturated heterocycles. The lowest BCUT2D eigenvalue weighted by Gasteiger charge is -2.29. The van der Waals surface area contributed by atoms with Crippen LogP contribution in [0.2, 0.25) is 0 Å². The molecule has 2 aliphatic rings. The van der Waals surface area contributed by atoms with Crippen LogP contribution in [0.5, 0.6) is 5.75 Å². The van der Waals surface area contributed by atoms with Gasteiger partial charge in [0, 0.05) is 38.6 Å². The van der Waals surface area contributed by atoms with E-state index in [1.165, 1.54) is 11.1 Å². The van der Waals surface area contributed by atoms with Crippen molar-refractivity contribution < 1.29 is 9.47 Å². The van der Waals surface area contributed by atoms with E-state index in [0.717, 1.165) is 51.6 Å². The molecule has 1 aromatic rings. The van der Waals surface area contributed by atoms with Crippen molar-refractivity contribution in [2.24, 2.45) is 0 Å². The van der Waals surface area contributed by atoms with Gasteiger partial charge in [0.1, 0.15) is 11.4 Å². The maximum Gasteiger partial charge on any atom is 0.123 e. The van der Waals surface area contributed by atoms with E-state index in [1.54, 1.807) is 0 Å². The Kier molecular flexibility index (Phi) is 4.71. The second-order valence-corrected chi connectivity index (χ2v) is 7.18. The largest absolute Gasteiger partial charge is 0.487 e. The third kappa shape index (κ3) is 4.00. The minimum Gasteiger partial charge on any atom is -0.487 e. The van der Waals surface area contributed by atoms with E-state index in [-0.39, 0.29) is 5.60 Å². The minimum atomic E-state index is -0.0575. The van der Waals surface area contributed by atoms with E-state index >= 15 is 0 Å². The molecule has 0 saturated carbocycles. The van der Waals surface area contributed by atoms with E-state index < -0.39 is 0 Å². The normalized spacial score (nSPS) is 22.1. The predicted molar refractivity (Wildman–Crippen MR) is 88.4 cm³/mol. The van der Waals surface area contributed by atoms with Crippen molar-refractivity contribution in [2.75, 3.05) is 32.8 Å². The molecule has 2 heterocycles. The molecule has 0 radical (unpaired) electrons. The summed E-state index contributed by atoms with van der Waals surface area (Å²) >= 11 is 0. The maximum absolute atomic E-state index is 5.94. The predicted octanol–water partition coefficient (Wildman–Crippen LogP) is 2.21. The van der Waals surface area contributed by atoms with Crippen LogP contribution in [-0.4, -0.2) is 49.4 Å². The van der Waals surface area contributed by atoms with Gasteiger partial charge in [-0.05, 0) is 38.0 Å². The number of hydrogen-bond acceptors (Lipinski definition) is 4. The number of hydrogen-bond donors (Lipinski definition) is 1. The lowest BCUT2D eigenvalue weighted by atomic mass is 10.0. The monoisotopic (exact) mass is 304 g/mol. The highest BCUT2D eigenvalue weighted by Gasteiger charge is 2.29. The number of rotatable bonds is 5. The topological polar surface area (TPSA) is 33.7 Å². The molecular formula is C18H28N2O2. The molecule has 0 amide bonds. The number of fused-ring (bicyclic) bond motifs is 1. The van der Waals surface area contributed by atoms with Crippen molar-refractivity contribution >= 4 is 0 Å². The average molecular weight is 304 g/mol. The van der Waals surface area contributed by atoms with Crippen LogP contribution in [0.1, 0.15) is 31.9 Å². The summed E-state index contributed by atoms with van der Waals surface area (Å²) in [6.45, 7) is 12.4. The zero-order chi connectivity index (χ0) is 15.6. The van der Waals surface area contributed by atoms with E-state index in [2.05, 4.69) is 49.2 Å². The second-order valence-electron chi connectivity index (χ2n) is 7.18. The maximum atomic E-state index is 5.94. The Morgan fingerprint density at radius 2 is 2.05 bits per heavy atom. The molecule has 1 unspecified atom stereocenters. The molecule has 1 aromatic carbocycles. The van der Waals surface area contributed by atoms with Gasteiger partial charge >= 0.3 is 0 Å². The smallest absolute Gasteiger partial charge is 0.123 e. The summed E-state index contributed by atoms with van der Waals surface area (Å²) in [5.74, 6) is 1.05. The van der Waals surface area contributed by atoms with Gasteiger partial charge in [-0.1, -0.05) is 12.1 Å². The summed E-state index contributed by atoms with van der Waals surface area (Å²) in [4.78, 5) is 2.47. The van der Waals surface area contributed by atoms with Crippen molar-refractivity contribution in [2.45, 2.75) is 45.4 Å². The summed E-state index contributed by atoms with van der Waals surface area (Å²) in [5, 5.41) is 3.63. The molecule has 0 spiro atoms. The molecule has 0 aromatic heterocycles. The third-order valence-electron chi connectivity index (χ3n) is 4.42. The molecule has 122 valence electrons. The Balaban J connectivity index is 1.49. The molecule has 4 heteroatoms. The highest BCUT2D eigenvalue weighted by Crippen LogP contribution is 2.35. The zero-order valence-electron chi connectivity index (χ0n) is 14.0. The van der Waals surface area contributed by atoms with Gasteiger partial charge in [-0.15, -0.1) is 0 Å². The van der Waals surface area contributed by atoms with Crippen molar-refractivity contribution in [1.82, 2.24) is 10.2 Å². The van der Waals surface area contributed by atoms with Gasteiger partial charge < -0.3 is 14.8 Å². The summed E-state index contributed by atoms with van der Waals surface area (Å²) in [5.41, 5.74) is 2.62. The van der Waals surface area contributed by atoms with Crippen LogP contribution < -0.4 is 10.1 Å². The first-order chi connectivity index (χ1) is 10.5. The molecule has 1 N–H and O–H groups in total. The molecule has 22 heavy (non-hydrogen) atoms. The Labute approximate surface area is 133 Å². The molecule has 0 bridgehead atoms. The summed E-state index contributed by atoms with van der Waals surface area (Å²) in [6.07, 6.45) is 1.000. The van der Waals surface area contributed by atoms with Crippen molar-refractivity contribution in [3.63, 3.8) is 0 Å². The van der Waals surface area contributed by atoms with E-state index in [4.69, 9.17) is 9.47 Å². The van der Waals surface area contributed by atoms with Crippen LogP contribution in [-0.2, 0) is 17.7 Å². The lowest BCUT2D eigenvalue weighted by molar-refractivity contribution is 0.0343. The van der Waals surface area contributed by atoms with Gasteiger partial charge in [-0.3, -0.25) is 4.90 Å². The quantitative estimate of drug-likeness (QED) is 0.904. The van der Waals surface area contributed by atoms with E-state index in [1.807, 2.05) is 0 Å². The standard InChI is InChI=1S/C18H28N2O2/c1-14(13-20-6-8-21-9-7-20)19-12-15-4-5-17-16(10-15)11-18(2,3)22-17/h4-5,10,14,19H,6-9,11-13H2,1-3H3. The van der Waals surface area contributed by atoms with Gasteiger partial charge in [-0.2, -0.15) is 0 Å². The van der Waals surface area contributed by atoms with Crippen LogP contribution in [0, 0.1) is 0 Å². The molecule has 2 aliphatic heterocycles.